The van der Waals surface area contributed by atoms with Gasteiger partial charge in [-0.2, -0.15) is 0 Å². The molecule has 1 aliphatic heterocycles. The monoisotopic (exact) mass is 472 g/mol. The van der Waals surface area contributed by atoms with Crippen molar-refractivity contribution in [1.82, 2.24) is 19.6 Å². The number of methoxy groups -OCH3 is 3. The van der Waals surface area contributed by atoms with Crippen LogP contribution in [-0.2, 0) is 4.79 Å². The van der Waals surface area contributed by atoms with Crippen LogP contribution in [0.25, 0.3) is 17.0 Å². The molecule has 0 amide bonds. The van der Waals surface area contributed by atoms with E-state index in [0.29, 0.717) is 45.7 Å². The molecule has 1 aliphatic rings. The molecule has 0 aliphatic carbocycles. The van der Waals surface area contributed by atoms with Crippen molar-refractivity contribution >= 4 is 11.4 Å². The van der Waals surface area contributed by atoms with E-state index in [9.17, 15) is 4.79 Å². The van der Waals surface area contributed by atoms with Gasteiger partial charge >= 0.3 is 0 Å². The number of benzene rings is 2. The van der Waals surface area contributed by atoms with Crippen LogP contribution >= 0.6 is 0 Å². The molecular formula is C26H24N4O5. The standard InChI is InChI=1S/C26H24N4O5/c1-14(31)21-15(2)35-26-23(22(21)16-6-9-18(32-3)10-7-16)25-28-24(29-30(25)13-27-26)17-8-11-19(33-4)20(12-17)34-5/h6-13,22H,1-5H3/t22-/m1/s1. The Hall–Kier alpha value is -4.40. The van der Waals surface area contributed by atoms with Gasteiger partial charge in [-0.3, -0.25) is 4.79 Å². The summed E-state index contributed by atoms with van der Waals surface area (Å²) >= 11 is 0. The lowest BCUT2D eigenvalue weighted by Crippen LogP contribution is -2.22. The molecule has 0 spiro atoms. The first-order chi connectivity index (χ1) is 16.9. The Morgan fingerprint density at radius 2 is 1.74 bits per heavy atom. The molecular weight excluding hydrogens is 448 g/mol. The lowest BCUT2D eigenvalue weighted by molar-refractivity contribution is -0.114. The van der Waals surface area contributed by atoms with Crippen molar-refractivity contribution in [2.45, 2.75) is 19.8 Å². The molecule has 0 saturated heterocycles. The smallest absolute Gasteiger partial charge is 0.228 e. The van der Waals surface area contributed by atoms with Crippen molar-refractivity contribution in [3.8, 4) is 34.5 Å². The summed E-state index contributed by atoms with van der Waals surface area (Å²) < 4.78 is 23.7. The first kappa shape index (κ1) is 22.4. The van der Waals surface area contributed by atoms with Gasteiger partial charge < -0.3 is 18.9 Å². The number of carbonyl (C=O) groups excluding carboxylic acids is 1. The van der Waals surface area contributed by atoms with E-state index in [4.69, 9.17) is 23.9 Å². The van der Waals surface area contributed by atoms with Gasteiger partial charge in [0.15, 0.2) is 28.8 Å². The average Bonchev–Trinajstić information content (AvgIpc) is 3.32. The number of hydrogen-bond donors (Lipinski definition) is 0. The van der Waals surface area contributed by atoms with Crippen molar-refractivity contribution in [3.05, 3.63) is 71.3 Å². The van der Waals surface area contributed by atoms with Crippen LogP contribution in [0.3, 0.4) is 0 Å². The second-order valence-electron chi connectivity index (χ2n) is 8.07. The highest BCUT2D eigenvalue weighted by Gasteiger charge is 2.36. The largest absolute Gasteiger partial charge is 0.497 e. The SMILES string of the molecule is COc1ccc([C@@H]2C(C(C)=O)=C(C)Oc3ncn4nc(-c5ccc(OC)c(OC)c5)nc4c32)cc1. The van der Waals surface area contributed by atoms with E-state index in [2.05, 4.69) is 10.1 Å². The molecule has 3 heterocycles. The minimum atomic E-state index is -0.430. The van der Waals surface area contributed by atoms with Crippen LogP contribution in [-0.4, -0.2) is 46.7 Å². The average molecular weight is 473 g/mol. The van der Waals surface area contributed by atoms with Crippen molar-refractivity contribution in [1.29, 1.82) is 0 Å². The van der Waals surface area contributed by atoms with Crippen LogP contribution in [0.2, 0.25) is 0 Å². The Kier molecular flexibility index (Phi) is 5.60. The maximum Gasteiger partial charge on any atom is 0.228 e. The normalized spacial score (nSPS) is 14.9. The third-order valence-electron chi connectivity index (χ3n) is 6.06. The Bertz CT molecular complexity index is 1470. The van der Waals surface area contributed by atoms with Crippen LogP contribution in [0.5, 0.6) is 23.1 Å². The van der Waals surface area contributed by atoms with Gasteiger partial charge in [-0.15, -0.1) is 5.10 Å². The van der Waals surface area contributed by atoms with Crippen molar-refractivity contribution in [3.63, 3.8) is 0 Å². The predicted octanol–water partition coefficient (Wildman–Crippen LogP) is 4.20. The molecule has 5 rings (SSSR count). The molecule has 1 atom stereocenters. The van der Waals surface area contributed by atoms with Crippen LogP contribution in [0, 0.1) is 0 Å². The molecule has 0 fully saturated rings. The lowest BCUT2D eigenvalue weighted by Gasteiger charge is -2.28. The van der Waals surface area contributed by atoms with Gasteiger partial charge in [0, 0.05) is 17.1 Å². The van der Waals surface area contributed by atoms with E-state index >= 15 is 0 Å². The minimum Gasteiger partial charge on any atom is -0.497 e. The number of hydrogen-bond acceptors (Lipinski definition) is 8. The van der Waals surface area contributed by atoms with E-state index in [1.807, 2.05) is 36.4 Å². The zero-order valence-corrected chi connectivity index (χ0v) is 20.0. The number of carbonyl (C=O) groups is 1. The molecule has 0 radical (unpaired) electrons. The van der Waals surface area contributed by atoms with Gasteiger partial charge in [-0.05, 0) is 49.7 Å². The summed E-state index contributed by atoms with van der Waals surface area (Å²) in [6.45, 7) is 3.32. The van der Waals surface area contributed by atoms with E-state index in [0.717, 1.165) is 16.9 Å². The second kappa shape index (κ2) is 8.75. The Morgan fingerprint density at radius 1 is 1.00 bits per heavy atom. The Morgan fingerprint density at radius 3 is 2.40 bits per heavy atom. The molecule has 35 heavy (non-hydrogen) atoms. The van der Waals surface area contributed by atoms with Crippen LogP contribution < -0.4 is 18.9 Å². The summed E-state index contributed by atoms with van der Waals surface area (Å²) in [4.78, 5) is 22.1. The third kappa shape index (κ3) is 3.74. The van der Waals surface area contributed by atoms with E-state index in [1.54, 1.807) is 45.2 Å². The maximum absolute atomic E-state index is 12.8. The number of Topliss-reactive ketones (excluding diaryl/α,β-unsaturated/α-hetero) is 1. The number of allylic oxidation sites excluding steroid dienone is 2. The molecule has 2 aromatic heterocycles. The number of nitrogens with zero attached hydrogens (tertiary/aromatic N) is 4. The summed E-state index contributed by atoms with van der Waals surface area (Å²) in [5.74, 6) is 2.77. The van der Waals surface area contributed by atoms with Crippen molar-refractivity contribution in [2.24, 2.45) is 0 Å². The van der Waals surface area contributed by atoms with Crippen molar-refractivity contribution in [2.75, 3.05) is 21.3 Å². The van der Waals surface area contributed by atoms with Gasteiger partial charge in [-0.25, -0.2) is 14.5 Å². The zero-order chi connectivity index (χ0) is 24.7. The number of rotatable bonds is 6. The molecule has 0 bridgehead atoms. The molecule has 0 N–H and O–H groups in total. The van der Waals surface area contributed by atoms with Gasteiger partial charge in [0.2, 0.25) is 5.88 Å². The quantitative estimate of drug-likeness (QED) is 0.412. The molecule has 4 aromatic rings. The number of ketones is 1. The fourth-order valence-corrected chi connectivity index (χ4v) is 4.42. The highest BCUT2D eigenvalue weighted by atomic mass is 16.5. The van der Waals surface area contributed by atoms with E-state index in [1.165, 1.54) is 6.92 Å². The maximum atomic E-state index is 12.8. The van der Waals surface area contributed by atoms with Crippen molar-refractivity contribution < 1.29 is 23.7 Å². The van der Waals surface area contributed by atoms with Crippen LogP contribution in [0.15, 0.2) is 60.1 Å². The zero-order valence-electron chi connectivity index (χ0n) is 20.0. The highest BCUT2D eigenvalue weighted by molar-refractivity contribution is 5.97. The molecule has 9 nitrogen and oxygen atoms in total. The third-order valence-corrected chi connectivity index (χ3v) is 6.06. The fourth-order valence-electron chi connectivity index (χ4n) is 4.42. The lowest BCUT2D eigenvalue weighted by atomic mass is 9.82. The summed E-state index contributed by atoms with van der Waals surface area (Å²) in [7, 11) is 4.77. The molecule has 2 aromatic carbocycles. The first-order valence-corrected chi connectivity index (χ1v) is 11.0. The van der Waals surface area contributed by atoms with Gasteiger partial charge in [0.05, 0.1) is 26.9 Å². The molecule has 0 unspecified atom stereocenters. The summed E-state index contributed by atoms with van der Waals surface area (Å²) in [5, 5.41) is 4.64. The Labute approximate surface area is 201 Å². The molecule has 0 saturated carbocycles. The Balaban J connectivity index is 1.72. The predicted molar refractivity (Wildman–Crippen MR) is 128 cm³/mol. The first-order valence-electron chi connectivity index (χ1n) is 11.0. The number of fused-ring (bicyclic) bond motifs is 3. The van der Waals surface area contributed by atoms with Gasteiger partial charge in [0.25, 0.3) is 0 Å². The van der Waals surface area contributed by atoms with Gasteiger partial charge in [-0.1, -0.05) is 12.1 Å². The molecule has 178 valence electrons. The fraction of sp³-hybridized carbons (Fsp3) is 0.231. The minimum absolute atomic E-state index is 0.0874. The number of ether oxygens (including phenoxy) is 4. The van der Waals surface area contributed by atoms with Gasteiger partial charge in [0.1, 0.15) is 17.8 Å². The summed E-state index contributed by atoms with van der Waals surface area (Å²) in [5.41, 5.74) is 3.41. The van der Waals surface area contributed by atoms with Crippen LogP contribution in [0.1, 0.15) is 30.9 Å². The van der Waals surface area contributed by atoms with E-state index in [-0.39, 0.29) is 5.78 Å². The van der Waals surface area contributed by atoms with E-state index < -0.39 is 5.92 Å². The molecule has 9 heteroatoms. The number of aromatic nitrogens is 4. The summed E-state index contributed by atoms with van der Waals surface area (Å²) in [6.07, 6.45) is 1.56. The van der Waals surface area contributed by atoms with Crippen LogP contribution in [0.4, 0.5) is 0 Å². The topological polar surface area (TPSA) is 97.1 Å². The second-order valence-corrected chi connectivity index (χ2v) is 8.07. The highest BCUT2D eigenvalue weighted by Crippen LogP contribution is 2.44. The summed E-state index contributed by atoms with van der Waals surface area (Å²) in [6, 6.07) is 13.1.